The molecule has 0 aliphatic rings. The molecule has 3 N–H and O–H groups in total. The number of esters is 2. The van der Waals surface area contributed by atoms with Crippen LogP contribution in [0.3, 0.4) is 0 Å². The molecular formula is C58H112NO8P. The highest BCUT2D eigenvalue weighted by Gasteiger charge is 2.26. The molecule has 0 heterocycles. The fourth-order valence-corrected chi connectivity index (χ4v) is 9.49. The second kappa shape index (κ2) is 54.8. The van der Waals surface area contributed by atoms with Gasteiger partial charge in [-0.3, -0.25) is 18.6 Å². The topological polar surface area (TPSA) is 134 Å². The van der Waals surface area contributed by atoms with Crippen molar-refractivity contribution in [1.29, 1.82) is 0 Å². The van der Waals surface area contributed by atoms with Gasteiger partial charge in [-0.15, -0.1) is 0 Å². The number of carbonyl (C=O) groups is 2. The van der Waals surface area contributed by atoms with E-state index < -0.39 is 26.5 Å². The molecule has 0 aliphatic heterocycles. The molecule has 0 rings (SSSR count). The van der Waals surface area contributed by atoms with E-state index in [0.29, 0.717) is 6.42 Å². The van der Waals surface area contributed by atoms with Gasteiger partial charge in [0.05, 0.1) is 13.2 Å². The molecule has 0 aliphatic carbocycles. The van der Waals surface area contributed by atoms with Crippen molar-refractivity contribution >= 4 is 19.8 Å². The number of hydrogen-bond acceptors (Lipinski definition) is 8. The standard InChI is InChI=1S/C58H112NO8P/c1-3-5-7-9-11-13-15-17-19-21-22-23-24-25-26-27-28-29-30-31-32-33-35-36-38-40-42-44-46-48-50-57(60)64-54-56(55-66-68(62,63)65-53-52-59)67-58(61)51-49-47-45-43-41-39-37-34-20-18-16-14-12-10-8-6-4-2/h12,14,18,20,56H,3-11,13,15-17,19,21-55,59H2,1-2H3,(H,62,63)/b14-12-,20-18-. The average Bonchev–Trinajstić information content (AvgIpc) is 3.33. The lowest BCUT2D eigenvalue weighted by Crippen LogP contribution is -2.29. The van der Waals surface area contributed by atoms with Crippen LogP contribution in [-0.4, -0.2) is 49.3 Å². The Hall–Kier alpha value is -1.51. The first-order valence-corrected chi connectivity index (χ1v) is 30.8. The van der Waals surface area contributed by atoms with Crippen molar-refractivity contribution in [3.8, 4) is 0 Å². The van der Waals surface area contributed by atoms with Crippen LogP contribution in [-0.2, 0) is 32.7 Å². The van der Waals surface area contributed by atoms with Crippen LogP contribution in [0.25, 0.3) is 0 Å². The summed E-state index contributed by atoms with van der Waals surface area (Å²) in [5, 5.41) is 0. The predicted molar refractivity (Wildman–Crippen MR) is 289 cm³/mol. The zero-order valence-electron chi connectivity index (χ0n) is 44.9. The maximum absolute atomic E-state index is 12.7. The largest absolute Gasteiger partial charge is 0.472 e. The Labute approximate surface area is 421 Å². The van der Waals surface area contributed by atoms with Crippen molar-refractivity contribution in [2.75, 3.05) is 26.4 Å². The van der Waals surface area contributed by atoms with E-state index in [0.717, 1.165) is 51.4 Å². The van der Waals surface area contributed by atoms with Gasteiger partial charge in [0.1, 0.15) is 6.61 Å². The van der Waals surface area contributed by atoms with Gasteiger partial charge >= 0.3 is 19.8 Å². The van der Waals surface area contributed by atoms with Crippen molar-refractivity contribution in [3.05, 3.63) is 24.3 Å². The number of nitrogens with two attached hydrogens (primary N) is 1. The van der Waals surface area contributed by atoms with E-state index in [1.54, 1.807) is 0 Å². The van der Waals surface area contributed by atoms with Crippen LogP contribution in [0.1, 0.15) is 303 Å². The molecule has 10 heteroatoms. The minimum Gasteiger partial charge on any atom is -0.462 e. The van der Waals surface area contributed by atoms with Crippen LogP contribution in [0, 0.1) is 0 Å². The molecule has 2 unspecified atom stereocenters. The Bertz CT molecular complexity index is 1170. The number of hydrogen-bond donors (Lipinski definition) is 2. The summed E-state index contributed by atoms with van der Waals surface area (Å²) in [4.78, 5) is 35.1. The van der Waals surface area contributed by atoms with Crippen LogP contribution in [0.4, 0.5) is 0 Å². The quantitative estimate of drug-likeness (QED) is 0.0264. The highest BCUT2D eigenvalue weighted by molar-refractivity contribution is 7.47. The number of unbranched alkanes of at least 4 members (excludes halogenated alkanes) is 39. The lowest BCUT2D eigenvalue weighted by molar-refractivity contribution is -0.161. The number of ether oxygens (including phenoxy) is 2. The fourth-order valence-electron chi connectivity index (χ4n) is 8.73. The van der Waals surface area contributed by atoms with Crippen LogP contribution in [0.5, 0.6) is 0 Å². The molecule has 0 bridgehead atoms. The van der Waals surface area contributed by atoms with E-state index in [9.17, 15) is 19.0 Å². The molecule has 0 saturated heterocycles. The molecule has 2 atom stereocenters. The molecule has 68 heavy (non-hydrogen) atoms. The lowest BCUT2D eigenvalue weighted by Gasteiger charge is -2.19. The van der Waals surface area contributed by atoms with Gasteiger partial charge in [0.25, 0.3) is 0 Å². The molecule has 0 fully saturated rings. The third-order valence-corrected chi connectivity index (χ3v) is 14.1. The van der Waals surface area contributed by atoms with E-state index in [4.69, 9.17) is 24.3 Å². The Balaban J connectivity index is 3.86. The van der Waals surface area contributed by atoms with E-state index in [-0.39, 0.29) is 38.6 Å². The Morgan fingerprint density at radius 1 is 0.441 bits per heavy atom. The van der Waals surface area contributed by atoms with Gasteiger partial charge in [0, 0.05) is 19.4 Å². The molecule has 0 radical (unpaired) electrons. The van der Waals surface area contributed by atoms with Crippen molar-refractivity contribution in [2.45, 2.75) is 309 Å². The molecule has 9 nitrogen and oxygen atoms in total. The van der Waals surface area contributed by atoms with Crippen LogP contribution < -0.4 is 5.73 Å². The number of phosphoric acid groups is 1. The van der Waals surface area contributed by atoms with Crippen LogP contribution >= 0.6 is 7.82 Å². The van der Waals surface area contributed by atoms with Crippen molar-refractivity contribution < 1.29 is 37.6 Å². The van der Waals surface area contributed by atoms with E-state index in [1.807, 2.05) is 0 Å². The second-order valence-electron chi connectivity index (χ2n) is 19.9. The van der Waals surface area contributed by atoms with Crippen LogP contribution in [0.15, 0.2) is 24.3 Å². The predicted octanol–water partition coefficient (Wildman–Crippen LogP) is 18.2. The lowest BCUT2D eigenvalue weighted by atomic mass is 10.0. The van der Waals surface area contributed by atoms with Crippen molar-refractivity contribution in [1.82, 2.24) is 0 Å². The molecular weight excluding hydrogens is 870 g/mol. The first kappa shape index (κ1) is 66.5. The highest BCUT2D eigenvalue weighted by atomic mass is 31.2. The van der Waals surface area contributed by atoms with Crippen molar-refractivity contribution in [3.63, 3.8) is 0 Å². The maximum atomic E-state index is 12.7. The zero-order chi connectivity index (χ0) is 49.5. The SMILES string of the molecule is CCCCC/C=C\C/C=C\CCCCCCCCCC(=O)OC(COC(=O)CCCCCCCCCCCCCCCCCCCCCCCCCCCCCCCC)COP(=O)(O)OCCN. The summed E-state index contributed by atoms with van der Waals surface area (Å²) in [7, 11) is -4.38. The average molecular weight is 983 g/mol. The number of carbonyl (C=O) groups excluding carboxylic acids is 2. The molecule has 0 amide bonds. The van der Waals surface area contributed by atoms with E-state index >= 15 is 0 Å². The molecule has 0 spiro atoms. The summed E-state index contributed by atoms with van der Waals surface area (Å²) in [5.41, 5.74) is 5.38. The molecule has 0 aromatic rings. The van der Waals surface area contributed by atoms with Gasteiger partial charge in [-0.05, 0) is 44.9 Å². The van der Waals surface area contributed by atoms with Gasteiger partial charge in [0.15, 0.2) is 6.10 Å². The maximum Gasteiger partial charge on any atom is 0.472 e. The summed E-state index contributed by atoms with van der Waals surface area (Å²) >= 11 is 0. The van der Waals surface area contributed by atoms with Crippen LogP contribution in [0.2, 0.25) is 0 Å². The third kappa shape index (κ3) is 53.8. The Kier molecular flexibility index (Phi) is 53.6. The van der Waals surface area contributed by atoms with Gasteiger partial charge < -0.3 is 20.1 Å². The molecule has 402 valence electrons. The first-order valence-electron chi connectivity index (χ1n) is 29.3. The Morgan fingerprint density at radius 2 is 0.765 bits per heavy atom. The summed E-state index contributed by atoms with van der Waals surface area (Å²) in [6, 6.07) is 0. The van der Waals surface area contributed by atoms with Gasteiger partial charge in [-0.25, -0.2) is 4.57 Å². The normalized spacial score (nSPS) is 13.2. The Morgan fingerprint density at radius 3 is 1.15 bits per heavy atom. The minimum atomic E-state index is -4.38. The van der Waals surface area contributed by atoms with Gasteiger partial charge in [-0.1, -0.05) is 269 Å². The molecule has 0 saturated carbocycles. The zero-order valence-corrected chi connectivity index (χ0v) is 45.8. The molecule has 0 aromatic carbocycles. The van der Waals surface area contributed by atoms with E-state index in [2.05, 4.69) is 38.2 Å². The second-order valence-corrected chi connectivity index (χ2v) is 21.3. The first-order chi connectivity index (χ1) is 33.3. The van der Waals surface area contributed by atoms with Gasteiger partial charge in [0.2, 0.25) is 0 Å². The van der Waals surface area contributed by atoms with E-state index in [1.165, 1.54) is 218 Å². The van der Waals surface area contributed by atoms with Crippen molar-refractivity contribution in [2.24, 2.45) is 5.73 Å². The minimum absolute atomic E-state index is 0.0539. The summed E-state index contributed by atoms with van der Waals surface area (Å²) in [5.74, 6) is -0.821. The smallest absolute Gasteiger partial charge is 0.462 e. The monoisotopic (exact) mass is 982 g/mol. The highest BCUT2D eigenvalue weighted by Crippen LogP contribution is 2.43. The number of phosphoric ester groups is 1. The molecule has 0 aromatic heterocycles. The number of rotatable bonds is 56. The summed E-state index contributed by atoms with van der Waals surface area (Å²) in [6.07, 6.45) is 63.9. The van der Waals surface area contributed by atoms with Gasteiger partial charge in [-0.2, -0.15) is 0 Å². The number of allylic oxidation sites excluding steroid dienone is 4. The fraction of sp³-hybridized carbons (Fsp3) is 0.897. The summed E-state index contributed by atoms with van der Waals surface area (Å²) in [6.45, 7) is 3.76. The summed E-state index contributed by atoms with van der Waals surface area (Å²) < 4.78 is 33.0. The third-order valence-electron chi connectivity index (χ3n) is 13.1.